The lowest BCUT2D eigenvalue weighted by molar-refractivity contribution is -0.132. The van der Waals surface area contributed by atoms with Gasteiger partial charge in [0.15, 0.2) is 5.01 Å². The number of carbonyl (C=O) groups excluding carboxylic acids is 1. The number of ether oxygens (including phenoxy) is 1. The normalized spacial score (nSPS) is 14.5. The van der Waals surface area contributed by atoms with Crippen molar-refractivity contribution in [2.24, 2.45) is 0 Å². The van der Waals surface area contributed by atoms with Crippen LogP contribution in [0.3, 0.4) is 0 Å². The van der Waals surface area contributed by atoms with Crippen LogP contribution in [0.15, 0.2) is 59.7 Å². The van der Waals surface area contributed by atoms with Crippen LogP contribution >= 0.6 is 11.3 Å². The topological polar surface area (TPSA) is 90.2 Å². The maximum absolute atomic E-state index is 12.9. The number of para-hydroxylation sites is 2. The first-order valence-electron chi connectivity index (χ1n) is 10.8. The van der Waals surface area contributed by atoms with Gasteiger partial charge in [0.05, 0.1) is 29.9 Å². The molecule has 5 rings (SSSR count). The van der Waals surface area contributed by atoms with Crippen molar-refractivity contribution in [2.75, 3.05) is 20.2 Å². The summed E-state index contributed by atoms with van der Waals surface area (Å²) in [6.45, 7) is 1.25. The molecule has 9 heteroatoms. The van der Waals surface area contributed by atoms with Crippen LogP contribution in [-0.4, -0.2) is 50.8 Å². The molecule has 0 spiro atoms. The molecule has 1 aliphatic heterocycles. The standard InChI is InChI=1S/C24H23N5O3S/c1-32-20-9-5-3-7-18(20)23-27-26-22(33-23)16-10-12-28(13-11-16)21(30)14-29-15-25-19-8-4-2-6-17(19)24(29)31/h2-9,15-16H,10-14H2,1H3. The number of hydrogen-bond donors (Lipinski definition) is 0. The number of aromatic nitrogens is 4. The number of hydrogen-bond acceptors (Lipinski definition) is 7. The van der Waals surface area contributed by atoms with Crippen molar-refractivity contribution in [1.82, 2.24) is 24.6 Å². The molecular weight excluding hydrogens is 438 g/mol. The third-order valence-corrected chi connectivity index (χ3v) is 7.13. The van der Waals surface area contributed by atoms with Crippen molar-refractivity contribution in [2.45, 2.75) is 25.3 Å². The zero-order valence-corrected chi connectivity index (χ0v) is 19.0. The lowest BCUT2D eigenvalue weighted by atomic mass is 9.97. The lowest BCUT2D eigenvalue weighted by Crippen LogP contribution is -2.41. The van der Waals surface area contributed by atoms with Crippen LogP contribution in [0, 0.1) is 0 Å². The molecule has 1 aliphatic rings. The van der Waals surface area contributed by atoms with Crippen LogP contribution in [0.25, 0.3) is 21.5 Å². The van der Waals surface area contributed by atoms with Crippen LogP contribution in [0.1, 0.15) is 23.8 Å². The van der Waals surface area contributed by atoms with Crippen LogP contribution in [0.5, 0.6) is 5.75 Å². The van der Waals surface area contributed by atoms with Gasteiger partial charge in [-0.1, -0.05) is 35.6 Å². The van der Waals surface area contributed by atoms with Gasteiger partial charge in [0.25, 0.3) is 5.56 Å². The van der Waals surface area contributed by atoms with Gasteiger partial charge < -0.3 is 9.64 Å². The van der Waals surface area contributed by atoms with Gasteiger partial charge in [-0.15, -0.1) is 10.2 Å². The SMILES string of the molecule is COc1ccccc1-c1nnc(C2CCN(C(=O)Cn3cnc4ccccc4c3=O)CC2)s1. The van der Waals surface area contributed by atoms with E-state index in [-0.39, 0.29) is 23.9 Å². The largest absolute Gasteiger partial charge is 0.496 e. The lowest BCUT2D eigenvalue weighted by Gasteiger charge is -2.31. The molecule has 0 aliphatic carbocycles. The van der Waals surface area contributed by atoms with Crippen molar-refractivity contribution in [3.05, 3.63) is 70.2 Å². The van der Waals surface area contributed by atoms with Crippen LogP contribution in [0.2, 0.25) is 0 Å². The molecule has 0 saturated carbocycles. The smallest absolute Gasteiger partial charge is 0.261 e. The van der Waals surface area contributed by atoms with Crippen molar-refractivity contribution in [3.63, 3.8) is 0 Å². The van der Waals surface area contributed by atoms with Crippen molar-refractivity contribution >= 4 is 28.1 Å². The molecule has 0 unspecified atom stereocenters. The molecule has 168 valence electrons. The second-order valence-corrected chi connectivity index (χ2v) is 9.00. The van der Waals surface area contributed by atoms with Gasteiger partial charge in [-0.05, 0) is 37.1 Å². The number of amides is 1. The zero-order valence-electron chi connectivity index (χ0n) is 18.2. The molecule has 33 heavy (non-hydrogen) atoms. The van der Waals surface area contributed by atoms with E-state index in [2.05, 4.69) is 15.2 Å². The first kappa shape index (κ1) is 21.3. The van der Waals surface area contributed by atoms with Crippen LogP contribution < -0.4 is 10.3 Å². The Labute approximate surface area is 194 Å². The molecule has 0 atom stereocenters. The first-order valence-corrected chi connectivity index (χ1v) is 11.6. The molecule has 0 N–H and O–H groups in total. The quantitative estimate of drug-likeness (QED) is 0.453. The van der Waals surface area contributed by atoms with Gasteiger partial charge in [0.1, 0.15) is 17.3 Å². The monoisotopic (exact) mass is 461 g/mol. The Morgan fingerprint density at radius 1 is 1.09 bits per heavy atom. The van der Waals surface area contributed by atoms with Crippen LogP contribution in [-0.2, 0) is 11.3 Å². The minimum atomic E-state index is -0.193. The summed E-state index contributed by atoms with van der Waals surface area (Å²) in [4.78, 5) is 31.7. The van der Waals surface area contributed by atoms with Gasteiger partial charge >= 0.3 is 0 Å². The fourth-order valence-corrected chi connectivity index (χ4v) is 5.21. The van der Waals surface area contributed by atoms with Crippen molar-refractivity contribution in [1.29, 1.82) is 0 Å². The Bertz CT molecular complexity index is 1360. The number of likely N-dealkylation sites (tertiary alicyclic amines) is 1. The van der Waals surface area contributed by atoms with E-state index in [1.807, 2.05) is 35.2 Å². The van der Waals surface area contributed by atoms with E-state index in [4.69, 9.17) is 4.74 Å². The molecule has 0 radical (unpaired) electrons. The molecule has 2 aromatic carbocycles. The summed E-state index contributed by atoms with van der Waals surface area (Å²) in [6, 6.07) is 14.9. The minimum absolute atomic E-state index is 0.00189. The summed E-state index contributed by atoms with van der Waals surface area (Å²) in [5.74, 6) is 0.971. The fourth-order valence-electron chi connectivity index (χ4n) is 4.17. The number of carbonyl (C=O) groups is 1. The molecule has 1 amide bonds. The summed E-state index contributed by atoms with van der Waals surface area (Å²) >= 11 is 1.58. The fraction of sp³-hybridized carbons (Fsp3) is 0.292. The van der Waals surface area contributed by atoms with Crippen LogP contribution in [0.4, 0.5) is 0 Å². The van der Waals surface area contributed by atoms with E-state index >= 15 is 0 Å². The molecule has 1 fully saturated rings. The van der Waals surface area contributed by atoms with Gasteiger partial charge in [-0.2, -0.15) is 0 Å². The Morgan fingerprint density at radius 2 is 1.85 bits per heavy atom. The van der Waals surface area contributed by atoms with E-state index in [1.165, 1.54) is 10.9 Å². The predicted molar refractivity (Wildman–Crippen MR) is 126 cm³/mol. The minimum Gasteiger partial charge on any atom is -0.496 e. The summed E-state index contributed by atoms with van der Waals surface area (Å²) in [5.41, 5.74) is 1.38. The molecule has 2 aromatic heterocycles. The molecular formula is C24H23N5O3S. The Hall–Kier alpha value is -3.59. The zero-order chi connectivity index (χ0) is 22.8. The van der Waals surface area contributed by atoms with Gasteiger partial charge in [-0.3, -0.25) is 14.2 Å². The van der Waals surface area contributed by atoms with Gasteiger partial charge in [0, 0.05) is 19.0 Å². The second-order valence-electron chi connectivity index (χ2n) is 8.00. The summed E-state index contributed by atoms with van der Waals surface area (Å²) in [7, 11) is 1.65. The third kappa shape index (κ3) is 4.23. The number of benzene rings is 2. The number of methoxy groups -OCH3 is 1. The number of nitrogens with zero attached hydrogens (tertiary/aromatic N) is 5. The van der Waals surface area contributed by atoms with E-state index in [9.17, 15) is 9.59 Å². The summed E-state index contributed by atoms with van der Waals surface area (Å²) in [6.07, 6.45) is 3.09. The average Bonchev–Trinajstić information content (AvgIpc) is 3.36. The van der Waals surface area contributed by atoms with E-state index in [0.717, 1.165) is 34.2 Å². The van der Waals surface area contributed by atoms with E-state index in [1.54, 1.807) is 36.6 Å². The first-order chi connectivity index (χ1) is 16.1. The van der Waals surface area contributed by atoms with Crippen molar-refractivity contribution in [3.8, 4) is 16.3 Å². The molecule has 0 bridgehead atoms. The Balaban J connectivity index is 1.24. The van der Waals surface area contributed by atoms with Gasteiger partial charge in [0.2, 0.25) is 5.91 Å². The Morgan fingerprint density at radius 3 is 2.67 bits per heavy atom. The highest BCUT2D eigenvalue weighted by Gasteiger charge is 2.27. The van der Waals surface area contributed by atoms with E-state index in [0.29, 0.717) is 24.0 Å². The highest BCUT2D eigenvalue weighted by atomic mass is 32.1. The van der Waals surface area contributed by atoms with E-state index < -0.39 is 0 Å². The van der Waals surface area contributed by atoms with Crippen molar-refractivity contribution < 1.29 is 9.53 Å². The summed E-state index contributed by atoms with van der Waals surface area (Å²) < 4.78 is 6.83. The average molecular weight is 462 g/mol. The second kappa shape index (κ2) is 9.11. The maximum Gasteiger partial charge on any atom is 0.261 e. The molecule has 8 nitrogen and oxygen atoms in total. The molecule has 3 heterocycles. The number of fused-ring (bicyclic) bond motifs is 1. The Kier molecular flexibility index (Phi) is 5.87. The number of piperidine rings is 1. The predicted octanol–water partition coefficient (Wildman–Crippen LogP) is 3.33. The highest BCUT2D eigenvalue weighted by molar-refractivity contribution is 7.14. The molecule has 4 aromatic rings. The molecule has 1 saturated heterocycles. The third-order valence-electron chi connectivity index (χ3n) is 6.01. The number of rotatable bonds is 5. The van der Waals surface area contributed by atoms with Gasteiger partial charge in [-0.25, -0.2) is 4.98 Å². The summed E-state index contributed by atoms with van der Waals surface area (Å²) in [5, 5.41) is 11.1. The highest BCUT2D eigenvalue weighted by Crippen LogP contribution is 2.36. The maximum atomic E-state index is 12.9.